The van der Waals surface area contributed by atoms with Crippen molar-refractivity contribution in [2.75, 3.05) is 13.2 Å². The van der Waals surface area contributed by atoms with Gasteiger partial charge >= 0.3 is 12.1 Å². The van der Waals surface area contributed by atoms with Crippen LogP contribution in [0.15, 0.2) is 0 Å². The molecule has 1 aromatic heterocycles. The van der Waals surface area contributed by atoms with E-state index in [1.165, 1.54) is 4.68 Å². The number of carbonyl (C=O) groups is 2. The SMILES string of the molecule is CCOCCn1nnc(C(=O)O)c1CNC(=O)OC(C)(C)C. The first-order valence-corrected chi connectivity index (χ1v) is 6.95. The van der Waals surface area contributed by atoms with Gasteiger partial charge in [-0.1, -0.05) is 5.21 Å². The Morgan fingerprint density at radius 1 is 1.36 bits per heavy atom. The highest BCUT2D eigenvalue weighted by Gasteiger charge is 2.21. The molecule has 0 aliphatic heterocycles. The summed E-state index contributed by atoms with van der Waals surface area (Å²) in [6, 6.07) is 0. The van der Waals surface area contributed by atoms with Crippen LogP contribution in [0.3, 0.4) is 0 Å². The largest absolute Gasteiger partial charge is 0.476 e. The molecule has 0 fully saturated rings. The highest BCUT2D eigenvalue weighted by atomic mass is 16.6. The van der Waals surface area contributed by atoms with Crippen LogP contribution in [0.4, 0.5) is 4.79 Å². The summed E-state index contributed by atoms with van der Waals surface area (Å²) in [7, 11) is 0. The van der Waals surface area contributed by atoms with E-state index >= 15 is 0 Å². The van der Waals surface area contributed by atoms with Crippen LogP contribution in [-0.4, -0.2) is 51.0 Å². The molecule has 124 valence electrons. The minimum atomic E-state index is -1.20. The smallest absolute Gasteiger partial charge is 0.407 e. The number of aromatic carboxylic acids is 1. The average molecular weight is 314 g/mol. The van der Waals surface area contributed by atoms with Gasteiger partial charge in [0.2, 0.25) is 0 Å². The Balaban J connectivity index is 2.75. The van der Waals surface area contributed by atoms with Crippen molar-refractivity contribution in [1.29, 1.82) is 0 Å². The van der Waals surface area contributed by atoms with Gasteiger partial charge in [0.15, 0.2) is 5.69 Å². The molecule has 0 spiro atoms. The van der Waals surface area contributed by atoms with E-state index in [1.807, 2.05) is 6.92 Å². The summed E-state index contributed by atoms with van der Waals surface area (Å²) in [4.78, 5) is 22.8. The molecule has 0 aliphatic rings. The maximum absolute atomic E-state index is 11.7. The highest BCUT2D eigenvalue weighted by molar-refractivity contribution is 5.86. The van der Waals surface area contributed by atoms with Crippen LogP contribution in [0.2, 0.25) is 0 Å². The van der Waals surface area contributed by atoms with Gasteiger partial charge in [-0.15, -0.1) is 5.10 Å². The second-order valence-electron chi connectivity index (χ2n) is 5.47. The second-order valence-corrected chi connectivity index (χ2v) is 5.47. The number of nitrogens with zero attached hydrogens (tertiary/aromatic N) is 3. The summed E-state index contributed by atoms with van der Waals surface area (Å²) in [5.41, 5.74) is -0.543. The summed E-state index contributed by atoms with van der Waals surface area (Å²) in [5.74, 6) is -1.20. The summed E-state index contributed by atoms with van der Waals surface area (Å²) >= 11 is 0. The fraction of sp³-hybridized carbons (Fsp3) is 0.692. The molecule has 9 heteroatoms. The molecule has 0 radical (unpaired) electrons. The van der Waals surface area contributed by atoms with Crippen LogP contribution in [0.25, 0.3) is 0 Å². The zero-order chi connectivity index (χ0) is 16.8. The van der Waals surface area contributed by atoms with Crippen molar-refractivity contribution in [2.24, 2.45) is 0 Å². The van der Waals surface area contributed by atoms with Crippen LogP contribution < -0.4 is 5.32 Å². The van der Waals surface area contributed by atoms with Crippen LogP contribution in [0.1, 0.15) is 43.9 Å². The predicted molar refractivity (Wildman–Crippen MR) is 76.5 cm³/mol. The van der Waals surface area contributed by atoms with Crippen molar-refractivity contribution < 1.29 is 24.2 Å². The van der Waals surface area contributed by atoms with Gasteiger partial charge in [0, 0.05) is 6.61 Å². The normalized spacial score (nSPS) is 11.3. The maximum atomic E-state index is 11.7. The lowest BCUT2D eigenvalue weighted by molar-refractivity contribution is 0.0519. The predicted octanol–water partition coefficient (Wildman–Crippen LogP) is 1.04. The molecule has 0 saturated heterocycles. The quantitative estimate of drug-likeness (QED) is 0.722. The minimum Gasteiger partial charge on any atom is -0.476 e. The van der Waals surface area contributed by atoms with E-state index < -0.39 is 17.7 Å². The Labute approximate surface area is 128 Å². The topological polar surface area (TPSA) is 116 Å². The van der Waals surface area contributed by atoms with Gasteiger partial charge in [-0.3, -0.25) is 0 Å². The van der Waals surface area contributed by atoms with Gasteiger partial charge in [0.25, 0.3) is 0 Å². The number of hydrogen-bond acceptors (Lipinski definition) is 6. The lowest BCUT2D eigenvalue weighted by Gasteiger charge is -2.19. The van der Waals surface area contributed by atoms with Crippen LogP contribution >= 0.6 is 0 Å². The standard InChI is InChI=1S/C13H22N4O5/c1-5-21-7-6-17-9(10(11(18)19)15-16-17)8-14-12(20)22-13(2,3)4/h5-8H2,1-4H3,(H,14,20)(H,18,19). The first-order valence-electron chi connectivity index (χ1n) is 6.95. The van der Waals surface area contributed by atoms with Crippen LogP contribution in [0.5, 0.6) is 0 Å². The number of amides is 1. The number of hydrogen-bond donors (Lipinski definition) is 2. The number of ether oxygens (including phenoxy) is 2. The summed E-state index contributed by atoms with van der Waals surface area (Å²) in [6.07, 6.45) is -0.638. The molecular formula is C13H22N4O5. The number of carboxylic acid groups (broad SMARTS) is 1. The molecule has 1 rings (SSSR count). The lowest BCUT2D eigenvalue weighted by atomic mass is 10.2. The third kappa shape index (κ3) is 5.68. The number of nitrogens with one attached hydrogen (secondary N) is 1. The molecule has 9 nitrogen and oxygen atoms in total. The molecule has 1 amide bonds. The summed E-state index contributed by atoms with van der Waals surface area (Å²) in [6.45, 7) is 8.30. The van der Waals surface area contributed by atoms with Crippen LogP contribution in [0, 0.1) is 0 Å². The van der Waals surface area contributed by atoms with E-state index in [1.54, 1.807) is 20.8 Å². The van der Waals surface area contributed by atoms with Crippen molar-refractivity contribution in [3.05, 3.63) is 11.4 Å². The monoisotopic (exact) mass is 314 g/mol. The molecule has 0 aliphatic carbocycles. The van der Waals surface area contributed by atoms with Gasteiger partial charge in [-0.05, 0) is 27.7 Å². The Morgan fingerprint density at radius 2 is 2.05 bits per heavy atom. The fourth-order valence-electron chi connectivity index (χ4n) is 1.62. The molecule has 22 heavy (non-hydrogen) atoms. The van der Waals surface area contributed by atoms with Gasteiger partial charge in [0.05, 0.1) is 25.4 Å². The second kappa shape index (κ2) is 7.74. The van der Waals surface area contributed by atoms with Gasteiger partial charge in [0.1, 0.15) is 5.60 Å². The van der Waals surface area contributed by atoms with E-state index in [9.17, 15) is 9.59 Å². The molecule has 0 saturated carbocycles. The third-order valence-corrected chi connectivity index (χ3v) is 2.49. The average Bonchev–Trinajstić information content (AvgIpc) is 2.78. The first-order chi connectivity index (χ1) is 10.2. The van der Waals surface area contributed by atoms with Crippen molar-refractivity contribution in [2.45, 2.75) is 46.4 Å². The molecule has 0 unspecified atom stereocenters. The fourth-order valence-corrected chi connectivity index (χ4v) is 1.62. The number of alkyl carbamates (subject to hydrolysis) is 1. The van der Waals surface area contributed by atoms with Crippen molar-refractivity contribution in [3.63, 3.8) is 0 Å². The molecule has 1 heterocycles. The zero-order valence-corrected chi connectivity index (χ0v) is 13.3. The molecule has 0 atom stereocenters. The van der Waals surface area contributed by atoms with E-state index in [0.717, 1.165) is 0 Å². The van der Waals surface area contributed by atoms with E-state index in [4.69, 9.17) is 14.6 Å². The number of carbonyl (C=O) groups excluding carboxylic acids is 1. The lowest BCUT2D eigenvalue weighted by Crippen LogP contribution is -2.33. The van der Waals surface area contributed by atoms with E-state index in [2.05, 4.69) is 15.6 Å². The third-order valence-electron chi connectivity index (χ3n) is 2.49. The Bertz CT molecular complexity index is 521. The summed E-state index contributed by atoms with van der Waals surface area (Å²) < 4.78 is 11.7. The van der Waals surface area contributed by atoms with Crippen molar-refractivity contribution in [3.8, 4) is 0 Å². The molecular weight excluding hydrogens is 292 g/mol. The molecule has 2 N–H and O–H groups in total. The Morgan fingerprint density at radius 3 is 2.59 bits per heavy atom. The van der Waals surface area contributed by atoms with E-state index in [0.29, 0.717) is 19.8 Å². The molecule has 0 bridgehead atoms. The van der Waals surface area contributed by atoms with Crippen LogP contribution in [-0.2, 0) is 22.6 Å². The Kier molecular flexibility index (Phi) is 6.29. The van der Waals surface area contributed by atoms with E-state index in [-0.39, 0.29) is 17.9 Å². The zero-order valence-electron chi connectivity index (χ0n) is 13.3. The molecule has 0 aromatic carbocycles. The van der Waals surface area contributed by atoms with Crippen molar-refractivity contribution >= 4 is 12.1 Å². The van der Waals surface area contributed by atoms with Gasteiger partial charge in [-0.25, -0.2) is 14.3 Å². The number of aromatic nitrogens is 3. The Hall–Kier alpha value is -2.16. The van der Waals surface area contributed by atoms with Gasteiger partial charge < -0.3 is 19.9 Å². The number of carboxylic acids is 1. The van der Waals surface area contributed by atoms with Crippen molar-refractivity contribution in [1.82, 2.24) is 20.3 Å². The highest BCUT2D eigenvalue weighted by Crippen LogP contribution is 2.09. The summed E-state index contributed by atoms with van der Waals surface area (Å²) in [5, 5.41) is 19.0. The van der Waals surface area contributed by atoms with Gasteiger partial charge in [-0.2, -0.15) is 0 Å². The molecule has 1 aromatic rings. The first kappa shape index (κ1) is 17.9. The minimum absolute atomic E-state index is 0.0460. The maximum Gasteiger partial charge on any atom is 0.407 e. The number of rotatable bonds is 7.